The zero-order valence-corrected chi connectivity index (χ0v) is 14.9. The maximum absolute atomic E-state index is 13.1. The van der Waals surface area contributed by atoms with Gasteiger partial charge in [0.05, 0.1) is 0 Å². The number of carbonyl (C=O) groups is 1. The second kappa shape index (κ2) is 8.12. The van der Waals surface area contributed by atoms with Crippen molar-refractivity contribution in [2.45, 2.75) is 32.6 Å². The van der Waals surface area contributed by atoms with Crippen LogP contribution in [0.5, 0.6) is 0 Å². The Hall–Kier alpha value is -2.70. The number of halogens is 1. The van der Waals surface area contributed by atoms with E-state index in [1.807, 2.05) is 6.07 Å². The number of primary amides is 1. The standard InChI is InChI=1S/C19H24FN5O/c1-2-3-16-12-17(25-10-8-13(9-11-25)18(21)26)24-19(23-16)22-15-6-4-14(20)5-7-15/h4-7,12-13H,2-3,8-11H2,1H3,(H2,21,26)(H,22,23,24). The summed E-state index contributed by atoms with van der Waals surface area (Å²) >= 11 is 0. The van der Waals surface area contributed by atoms with Gasteiger partial charge in [0.25, 0.3) is 0 Å². The topological polar surface area (TPSA) is 84.1 Å². The molecule has 2 aromatic rings. The van der Waals surface area contributed by atoms with E-state index in [0.717, 1.165) is 56.0 Å². The number of carbonyl (C=O) groups excluding carboxylic acids is 1. The molecular weight excluding hydrogens is 333 g/mol. The lowest BCUT2D eigenvalue weighted by Gasteiger charge is -2.31. The first-order chi connectivity index (χ1) is 12.5. The molecule has 0 unspecified atom stereocenters. The number of aromatic nitrogens is 2. The SMILES string of the molecule is CCCc1cc(N2CCC(C(N)=O)CC2)nc(Nc2ccc(F)cc2)n1. The molecule has 0 saturated carbocycles. The number of amides is 1. The van der Waals surface area contributed by atoms with E-state index in [1.54, 1.807) is 12.1 Å². The van der Waals surface area contributed by atoms with Gasteiger partial charge in [-0.2, -0.15) is 4.98 Å². The predicted molar refractivity (Wildman–Crippen MR) is 99.8 cm³/mol. The molecule has 1 aliphatic heterocycles. The van der Waals surface area contributed by atoms with Crippen LogP contribution in [0.15, 0.2) is 30.3 Å². The summed E-state index contributed by atoms with van der Waals surface area (Å²) in [5.41, 5.74) is 7.11. The number of nitrogens with one attached hydrogen (secondary N) is 1. The Morgan fingerprint density at radius 3 is 2.58 bits per heavy atom. The van der Waals surface area contributed by atoms with E-state index < -0.39 is 0 Å². The van der Waals surface area contributed by atoms with E-state index in [4.69, 9.17) is 5.73 Å². The second-order valence-electron chi connectivity index (χ2n) is 6.59. The summed E-state index contributed by atoms with van der Waals surface area (Å²) < 4.78 is 13.1. The molecule has 6 nitrogen and oxygen atoms in total. The summed E-state index contributed by atoms with van der Waals surface area (Å²) in [4.78, 5) is 22.7. The van der Waals surface area contributed by atoms with Crippen molar-refractivity contribution in [2.24, 2.45) is 11.7 Å². The predicted octanol–water partition coefficient (Wildman–Crippen LogP) is 3.01. The Balaban J connectivity index is 1.80. The lowest BCUT2D eigenvalue weighted by atomic mass is 9.96. The van der Waals surface area contributed by atoms with Gasteiger partial charge in [-0.1, -0.05) is 13.3 Å². The van der Waals surface area contributed by atoms with Crippen LogP contribution in [-0.4, -0.2) is 29.0 Å². The third-order valence-electron chi connectivity index (χ3n) is 4.59. The summed E-state index contributed by atoms with van der Waals surface area (Å²) in [6.07, 6.45) is 3.31. The molecule has 1 saturated heterocycles. The molecule has 0 spiro atoms. The van der Waals surface area contributed by atoms with Crippen LogP contribution in [0.3, 0.4) is 0 Å². The zero-order valence-electron chi connectivity index (χ0n) is 14.9. The molecule has 1 aliphatic rings. The molecule has 3 N–H and O–H groups in total. The van der Waals surface area contributed by atoms with Gasteiger partial charge in [-0.15, -0.1) is 0 Å². The smallest absolute Gasteiger partial charge is 0.229 e. The molecule has 0 radical (unpaired) electrons. The van der Waals surface area contributed by atoms with Crippen LogP contribution in [0, 0.1) is 11.7 Å². The second-order valence-corrected chi connectivity index (χ2v) is 6.59. The first-order valence-corrected chi connectivity index (χ1v) is 9.00. The monoisotopic (exact) mass is 357 g/mol. The fourth-order valence-corrected chi connectivity index (χ4v) is 3.14. The molecular formula is C19H24FN5O. The van der Waals surface area contributed by atoms with E-state index in [1.165, 1.54) is 12.1 Å². The fourth-order valence-electron chi connectivity index (χ4n) is 3.14. The first-order valence-electron chi connectivity index (χ1n) is 9.00. The number of benzene rings is 1. The van der Waals surface area contributed by atoms with Crippen LogP contribution in [-0.2, 0) is 11.2 Å². The molecule has 1 aromatic carbocycles. The van der Waals surface area contributed by atoms with Crippen molar-refractivity contribution >= 4 is 23.4 Å². The van der Waals surface area contributed by atoms with Crippen molar-refractivity contribution in [3.8, 4) is 0 Å². The molecule has 7 heteroatoms. The highest BCUT2D eigenvalue weighted by molar-refractivity contribution is 5.77. The number of hydrogen-bond donors (Lipinski definition) is 2. The average Bonchev–Trinajstić information content (AvgIpc) is 2.64. The molecule has 1 amide bonds. The van der Waals surface area contributed by atoms with Crippen LogP contribution in [0.2, 0.25) is 0 Å². The van der Waals surface area contributed by atoms with E-state index in [9.17, 15) is 9.18 Å². The first kappa shape index (κ1) is 18.1. The Kier molecular flexibility index (Phi) is 5.65. The van der Waals surface area contributed by atoms with Crippen molar-refractivity contribution < 1.29 is 9.18 Å². The highest BCUT2D eigenvalue weighted by Crippen LogP contribution is 2.24. The maximum Gasteiger partial charge on any atom is 0.229 e. The number of piperidine rings is 1. The molecule has 0 atom stereocenters. The summed E-state index contributed by atoms with van der Waals surface area (Å²) in [6, 6.07) is 8.11. The maximum atomic E-state index is 13.1. The third-order valence-corrected chi connectivity index (χ3v) is 4.59. The highest BCUT2D eigenvalue weighted by Gasteiger charge is 2.24. The van der Waals surface area contributed by atoms with Crippen LogP contribution in [0.4, 0.5) is 21.8 Å². The van der Waals surface area contributed by atoms with Gasteiger partial charge < -0.3 is 16.0 Å². The number of aryl methyl sites for hydroxylation is 1. The number of anilines is 3. The van der Waals surface area contributed by atoms with Crippen molar-refractivity contribution in [2.75, 3.05) is 23.3 Å². The highest BCUT2D eigenvalue weighted by atomic mass is 19.1. The van der Waals surface area contributed by atoms with Gasteiger partial charge in [0, 0.05) is 36.5 Å². The van der Waals surface area contributed by atoms with E-state index >= 15 is 0 Å². The number of rotatable bonds is 6. The summed E-state index contributed by atoms with van der Waals surface area (Å²) in [5.74, 6) is 0.775. The van der Waals surface area contributed by atoms with Gasteiger partial charge in [0.15, 0.2) is 0 Å². The van der Waals surface area contributed by atoms with Crippen LogP contribution < -0.4 is 16.0 Å². The Labute approximate surface area is 152 Å². The third kappa shape index (κ3) is 4.47. The van der Waals surface area contributed by atoms with E-state index in [2.05, 4.69) is 27.1 Å². The molecule has 3 rings (SSSR count). The van der Waals surface area contributed by atoms with Gasteiger partial charge in [0.1, 0.15) is 11.6 Å². The lowest BCUT2D eigenvalue weighted by molar-refractivity contribution is -0.122. The summed E-state index contributed by atoms with van der Waals surface area (Å²) in [5, 5.41) is 3.15. The van der Waals surface area contributed by atoms with Crippen molar-refractivity contribution in [1.82, 2.24) is 9.97 Å². The minimum Gasteiger partial charge on any atom is -0.369 e. The molecule has 1 aromatic heterocycles. The minimum atomic E-state index is -0.283. The molecule has 2 heterocycles. The molecule has 138 valence electrons. The normalized spacial score (nSPS) is 15.1. The largest absolute Gasteiger partial charge is 0.369 e. The number of nitrogens with zero attached hydrogens (tertiary/aromatic N) is 3. The van der Waals surface area contributed by atoms with Gasteiger partial charge >= 0.3 is 0 Å². The number of hydrogen-bond acceptors (Lipinski definition) is 5. The summed E-state index contributed by atoms with van der Waals surface area (Å²) in [6.45, 7) is 3.59. The van der Waals surface area contributed by atoms with Crippen molar-refractivity contribution in [3.05, 3.63) is 41.8 Å². The Morgan fingerprint density at radius 2 is 1.96 bits per heavy atom. The number of nitrogens with two attached hydrogens (primary N) is 1. The van der Waals surface area contributed by atoms with Crippen molar-refractivity contribution in [1.29, 1.82) is 0 Å². The van der Waals surface area contributed by atoms with Gasteiger partial charge in [-0.05, 0) is 43.5 Å². The van der Waals surface area contributed by atoms with E-state index in [-0.39, 0.29) is 17.6 Å². The zero-order chi connectivity index (χ0) is 18.5. The summed E-state index contributed by atoms with van der Waals surface area (Å²) in [7, 11) is 0. The van der Waals surface area contributed by atoms with Crippen LogP contribution in [0.25, 0.3) is 0 Å². The minimum absolute atomic E-state index is 0.0555. The van der Waals surface area contributed by atoms with Gasteiger partial charge in [-0.3, -0.25) is 4.79 Å². The average molecular weight is 357 g/mol. The molecule has 0 bridgehead atoms. The lowest BCUT2D eigenvalue weighted by Crippen LogP contribution is -2.39. The van der Waals surface area contributed by atoms with Crippen LogP contribution in [0.1, 0.15) is 31.9 Å². The fraction of sp³-hybridized carbons (Fsp3) is 0.421. The van der Waals surface area contributed by atoms with Crippen LogP contribution >= 0.6 is 0 Å². The molecule has 26 heavy (non-hydrogen) atoms. The van der Waals surface area contributed by atoms with E-state index in [0.29, 0.717) is 5.95 Å². The molecule has 1 fully saturated rings. The molecule has 0 aliphatic carbocycles. The quantitative estimate of drug-likeness (QED) is 0.830. The van der Waals surface area contributed by atoms with Gasteiger partial charge in [0.2, 0.25) is 11.9 Å². The Bertz CT molecular complexity index is 757. The van der Waals surface area contributed by atoms with Gasteiger partial charge in [-0.25, -0.2) is 9.37 Å². The van der Waals surface area contributed by atoms with Crippen molar-refractivity contribution in [3.63, 3.8) is 0 Å². The Morgan fingerprint density at radius 1 is 1.27 bits per heavy atom.